The van der Waals surface area contributed by atoms with Crippen LogP contribution in [0.3, 0.4) is 0 Å². The van der Waals surface area contributed by atoms with Gasteiger partial charge in [-0.15, -0.1) is 0 Å². The molecular weight excluding hydrogens is 228 g/mol. The Labute approximate surface area is 107 Å². The first-order chi connectivity index (χ1) is 8.74. The summed E-state index contributed by atoms with van der Waals surface area (Å²) in [6.07, 6.45) is 0. The summed E-state index contributed by atoms with van der Waals surface area (Å²) in [5, 5.41) is 12.2. The Morgan fingerprint density at radius 2 is 2.00 bits per heavy atom. The normalized spacial score (nSPS) is 11.2. The fourth-order valence-electron chi connectivity index (χ4n) is 1.52. The van der Waals surface area contributed by atoms with E-state index < -0.39 is 5.97 Å². The molecule has 0 aliphatic rings. The number of nitrogens with zero attached hydrogens (tertiary/aromatic N) is 1. The average molecular weight is 244 g/mol. The molecule has 0 spiro atoms. The van der Waals surface area contributed by atoms with Crippen molar-refractivity contribution in [3.63, 3.8) is 0 Å². The fourth-order valence-corrected chi connectivity index (χ4v) is 1.52. The second-order valence-corrected chi connectivity index (χ2v) is 3.48. The molecule has 0 unspecified atom stereocenters. The molecule has 0 saturated carbocycles. The third-order valence-electron chi connectivity index (χ3n) is 2.26. The zero-order valence-electron chi connectivity index (χ0n) is 10.6. The number of hydrogen-bond donors (Lipinski definition) is 1. The summed E-state index contributed by atoms with van der Waals surface area (Å²) in [7, 11) is 0. The van der Waals surface area contributed by atoms with E-state index in [-0.39, 0.29) is 12.2 Å². The smallest absolute Gasteiger partial charge is 0.351 e. The molecule has 0 saturated heterocycles. The highest BCUT2D eigenvalue weighted by atomic mass is 16.5. The van der Waals surface area contributed by atoms with Crippen LogP contribution in [0.4, 0.5) is 0 Å². The number of rotatable bonds is 5. The van der Waals surface area contributed by atoms with Crippen LogP contribution in [0.5, 0.6) is 0 Å². The third-order valence-corrected chi connectivity index (χ3v) is 2.26. The molecule has 0 atom stereocenters. The van der Waals surface area contributed by atoms with Gasteiger partial charge in [0.1, 0.15) is 6.07 Å². The maximum atomic E-state index is 11.7. The highest BCUT2D eigenvalue weighted by molar-refractivity contribution is 6.01. The summed E-state index contributed by atoms with van der Waals surface area (Å²) < 4.78 is 4.88. The number of hydrogen-bond acceptors (Lipinski definition) is 4. The van der Waals surface area contributed by atoms with Crippen LogP contribution in [-0.2, 0) is 9.53 Å². The molecule has 0 radical (unpaired) electrons. The minimum absolute atomic E-state index is 0.00454. The Balaban J connectivity index is 3.23. The van der Waals surface area contributed by atoms with Gasteiger partial charge in [-0.05, 0) is 19.4 Å². The number of nitriles is 1. The van der Waals surface area contributed by atoms with E-state index in [1.165, 1.54) is 0 Å². The Kier molecular flexibility index (Phi) is 5.46. The summed E-state index contributed by atoms with van der Waals surface area (Å²) in [5.41, 5.74) is 1.31. The van der Waals surface area contributed by atoms with Crippen molar-refractivity contribution in [2.24, 2.45) is 0 Å². The second-order valence-electron chi connectivity index (χ2n) is 3.48. The molecule has 4 nitrogen and oxygen atoms in total. The van der Waals surface area contributed by atoms with Crippen molar-refractivity contribution in [3.8, 4) is 6.07 Å². The first-order valence-electron chi connectivity index (χ1n) is 5.85. The van der Waals surface area contributed by atoms with Gasteiger partial charge in [-0.2, -0.15) is 5.26 Å². The molecule has 0 aliphatic carbocycles. The number of carbonyl (C=O) groups is 1. The van der Waals surface area contributed by atoms with Crippen LogP contribution in [0, 0.1) is 11.3 Å². The predicted molar refractivity (Wildman–Crippen MR) is 69.3 cm³/mol. The van der Waals surface area contributed by atoms with Gasteiger partial charge in [-0.1, -0.05) is 30.3 Å². The number of nitrogens with one attached hydrogen (secondary N) is 1. The largest absolute Gasteiger partial charge is 0.462 e. The zero-order valence-corrected chi connectivity index (χ0v) is 10.6. The average Bonchev–Trinajstić information content (AvgIpc) is 2.40. The molecule has 0 bridgehead atoms. The van der Waals surface area contributed by atoms with Crippen LogP contribution < -0.4 is 5.32 Å². The summed E-state index contributed by atoms with van der Waals surface area (Å²) in [6.45, 7) is 4.48. The lowest BCUT2D eigenvalue weighted by molar-refractivity contribution is -0.137. The van der Waals surface area contributed by atoms with E-state index in [1.54, 1.807) is 6.92 Å². The molecule has 0 aliphatic heterocycles. The van der Waals surface area contributed by atoms with Crippen LogP contribution in [0.1, 0.15) is 19.4 Å². The van der Waals surface area contributed by atoms with Gasteiger partial charge >= 0.3 is 5.97 Å². The van der Waals surface area contributed by atoms with Crippen LogP contribution in [0.2, 0.25) is 0 Å². The minimum atomic E-state index is -0.597. The molecular formula is C14H16N2O2. The van der Waals surface area contributed by atoms with Gasteiger partial charge < -0.3 is 10.1 Å². The van der Waals surface area contributed by atoms with Gasteiger partial charge in [0.05, 0.1) is 12.3 Å². The van der Waals surface area contributed by atoms with E-state index in [9.17, 15) is 4.79 Å². The Morgan fingerprint density at radius 1 is 1.33 bits per heavy atom. The van der Waals surface area contributed by atoms with Gasteiger partial charge in [0, 0.05) is 6.54 Å². The molecule has 1 aromatic rings. The monoisotopic (exact) mass is 244 g/mol. The zero-order chi connectivity index (χ0) is 13.4. The molecule has 1 rings (SSSR count). The van der Waals surface area contributed by atoms with Crippen molar-refractivity contribution < 1.29 is 9.53 Å². The molecule has 18 heavy (non-hydrogen) atoms. The van der Waals surface area contributed by atoms with Crippen molar-refractivity contribution in [2.75, 3.05) is 13.2 Å². The van der Waals surface area contributed by atoms with E-state index in [2.05, 4.69) is 5.32 Å². The van der Waals surface area contributed by atoms with Gasteiger partial charge in [0.25, 0.3) is 0 Å². The van der Waals surface area contributed by atoms with Crippen LogP contribution >= 0.6 is 0 Å². The van der Waals surface area contributed by atoms with Crippen molar-refractivity contribution in [2.45, 2.75) is 13.8 Å². The van der Waals surface area contributed by atoms with Crippen molar-refractivity contribution in [1.82, 2.24) is 5.32 Å². The quantitative estimate of drug-likeness (QED) is 0.489. The van der Waals surface area contributed by atoms with Crippen LogP contribution in [-0.4, -0.2) is 19.1 Å². The van der Waals surface area contributed by atoms with Gasteiger partial charge in [0.2, 0.25) is 0 Å². The van der Waals surface area contributed by atoms with E-state index >= 15 is 0 Å². The van der Waals surface area contributed by atoms with E-state index in [4.69, 9.17) is 10.00 Å². The van der Waals surface area contributed by atoms with Crippen LogP contribution in [0.15, 0.2) is 35.9 Å². The van der Waals surface area contributed by atoms with E-state index in [1.807, 2.05) is 43.3 Å². The lowest BCUT2D eigenvalue weighted by Gasteiger charge is -2.11. The standard InChI is InChI=1S/C14H16N2O2/c1-3-16-13(11-8-6-5-7-9-11)12(10-15)14(17)18-4-2/h5-9,16H,3-4H2,1-2H3/b13-12-. The fraction of sp³-hybridized carbons (Fsp3) is 0.286. The first kappa shape index (κ1) is 13.8. The van der Waals surface area contributed by atoms with Crippen molar-refractivity contribution in [1.29, 1.82) is 5.26 Å². The maximum absolute atomic E-state index is 11.7. The third kappa shape index (κ3) is 3.36. The Bertz CT molecular complexity index is 472. The van der Waals surface area contributed by atoms with Crippen molar-refractivity contribution >= 4 is 11.7 Å². The second kappa shape index (κ2) is 7.13. The van der Waals surface area contributed by atoms with E-state index in [0.717, 1.165) is 5.56 Å². The highest BCUT2D eigenvalue weighted by Gasteiger charge is 2.17. The number of ether oxygens (including phenoxy) is 1. The van der Waals surface area contributed by atoms with Gasteiger partial charge in [-0.3, -0.25) is 0 Å². The SMILES string of the molecule is CCN/C(=C(/C#N)C(=O)OCC)c1ccccc1. The minimum Gasteiger partial charge on any atom is -0.462 e. The van der Waals surface area contributed by atoms with Crippen molar-refractivity contribution in [3.05, 3.63) is 41.5 Å². The molecule has 1 N–H and O–H groups in total. The summed E-state index contributed by atoms with van der Waals surface area (Å²) in [4.78, 5) is 11.7. The number of benzene rings is 1. The Morgan fingerprint density at radius 3 is 2.50 bits per heavy atom. The molecule has 1 aromatic carbocycles. The number of esters is 1. The summed E-state index contributed by atoms with van der Waals surface area (Å²) in [6, 6.07) is 11.2. The first-order valence-corrected chi connectivity index (χ1v) is 5.85. The molecule has 0 fully saturated rings. The van der Waals surface area contributed by atoms with Crippen LogP contribution in [0.25, 0.3) is 5.70 Å². The topological polar surface area (TPSA) is 62.1 Å². The molecule has 0 amide bonds. The summed E-state index contributed by atoms with van der Waals surface area (Å²) in [5.74, 6) is -0.597. The number of carbonyl (C=O) groups excluding carboxylic acids is 1. The lowest BCUT2D eigenvalue weighted by atomic mass is 10.1. The lowest BCUT2D eigenvalue weighted by Crippen LogP contribution is -2.18. The van der Waals surface area contributed by atoms with Gasteiger partial charge in [-0.25, -0.2) is 4.79 Å². The van der Waals surface area contributed by atoms with Gasteiger partial charge in [0.15, 0.2) is 5.57 Å². The molecule has 94 valence electrons. The molecule has 0 aromatic heterocycles. The highest BCUT2D eigenvalue weighted by Crippen LogP contribution is 2.16. The maximum Gasteiger partial charge on any atom is 0.351 e. The molecule has 0 heterocycles. The molecule has 4 heteroatoms. The van der Waals surface area contributed by atoms with E-state index in [0.29, 0.717) is 12.2 Å². The Hall–Kier alpha value is -2.28. The predicted octanol–water partition coefficient (Wildman–Crippen LogP) is 2.09. The summed E-state index contributed by atoms with van der Waals surface area (Å²) >= 11 is 0.